The molecule has 1 N–H and O–H groups in total. The SMILES string of the molecule is CCN(CC)S(=O)(=O)c1ccc2c(c1)nc(CCC(=O)Nc1ccccn1)n2C. The van der Waals surface area contributed by atoms with Gasteiger partial charge in [0.15, 0.2) is 0 Å². The van der Waals surface area contributed by atoms with Crippen molar-refractivity contribution in [3.8, 4) is 0 Å². The molecule has 154 valence electrons. The average Bonchev–Trinajstić information content (AvgIpc) is 3.03. The Morgan fingerprint density at radius 2 is 1.93 bits per heavy atom. The molecule has 0 fully saturated rings. The summed E-state index contributed by atoms with van der Waals surface area (Å²) in [6.07, 6.45) is 2.30. The largest absolute Gasteiger partial charge is 0.331 e. The Kier molecular flexibility index (Phi) is 6.29. The molecule has 0 saturated heterocycles. The van der Waals surface area contributed by atoms with Crippen molar-refractivity contribution >= 4 is 32.8 Å². The highest BCUT2D eigenvalue weighted by molar-refractivity contribution is 7.89. The summed E-state index contributed by atoms with van der Waals surface area (Å²) in [6.45, 7) is 4.45. The fraction of sp³-hybridized carbons (Fsp3) is 0.350. The molecule has 0 aliphatic rings. The predicted molar refractivity (Wildman–Crippen MR) is 112 cm³/mol. The van der Waals surface area contributed by atoms with E-state index >= 15 is 0 Å². The number of benzene rings is 1. The zero-order valence-corrected chi connectivity index (χ0v) is 17.6. The first-order valence-corrected chi connectivity index (χ1v) is 11.0. The number of anilines is 1. The number of sulfonamides is 1. The van der Waals surface area contributed by atoms with E-state index in [0.29, 0.717) is 36.7 Å². The van der Waals surface area contributed by atoms with Crippen LogP contribution in [0.3, 0.4) is 0 Å². The van der Waals surface area contributed by atoms with Crippen LogP contribution in [0.5, 0.6) is 0 Å². The third kappa shape index (κ3) is 4.46. The second-order valence-corrected chi connectivity index (χ2v) is 8.53. The van der Waals surface area contributed by atoms with Crippen molar-refractivity contribution in [2.24, 2.45) is 7.05 Å². The number of aryl methyl sites for hydroxylation is 2. The standard InChI is InChI=1S/C20H25N5O3S/c1-4-25(5-2)29(27,28)15-9-10-17-16(14-15)22-19(24(17)3)11-12-20(26)23-18-8-6-7-13-21-18/h6-10,13-14H,4-5,11-12H2,1-3H3,(H,21,23,26). The van der Waals surface area contributed by atoms with Crippen molar-refractivity contribution < 1.29 is 13.2 Å². The quantitative estimate of drug-likeness (QED) is 0.610. The number of rotatable bonds is 8. The van der Waals surface area contributed by atoms with Gasteiger partial charge >= 0.3 is 0 Å². The van der Waals surface area contributed by atoms with Crippen LogP contribution in [-0.2, 0) is 28.3 Å². The highest BCUT2D eigenvalue weighted by Gasteiger charge is 2.22. The molecule has 1 aromatic carbocycles. The molecule has 0 atom stereocenters. The highest BCUT2D eigenvalue weighted by Crippen LogP contribution is 2.22. The van der Waals surface area contributed by atoms with Crippen molar-refractivity contribution in [3.05, 3.63) is 48.4 Å². The van der Waals surface area contributed by atoms with Crippen LogP contribution in [0.4, 0.5) is 5.82 Å². The summed E-state index contributed by atoms with van der Waals surface area (Å²) in [6, 6.07) is 10.3. The maximum Gasteiger partial charge on any atom is 0.243 e. The molecule has 0 bridgehead atoms. The van der Waals surface area contributed by atoms with E-state index in [0.717, 1.165) is 5.52 Å². The minimum Gasteiger partial charge on any atom is -0.331 e. The van der Waals surface area contributed by atoms with Gasteiger partial charge in [0.25, 0.3) is 0 Å². The summed E-state index contributed by atoms with van der Waals surface area (Å²) in [5, 5.41) is 2.75. The number of imidazole rings is 1. The molecule has 3 aromatic rings. The Morgan fingerprint density at radius 3 is 2.59 bits per heavy atom. The van der Waals surface area contributed by atoms with Crippen LogP contribution >= 0.6 is 0 Å². The van der Waals surface area contributed by atoms with Crippen molar-refractivity contribution in [1.29, 1.82) is 0 Å². The van der Waals surface area contributed by atoms with Crippen LogP contribution in [0.15, 0.2) is 47.5 Å². The topological polar surface area (TPSA) is 97.2 Å². The van der Waals surface area contributed by atoms with E-state index in [2.05, 4.69) is 15.3 Å². The molecule has 2 aromatic heterocycles. The van der Waals surface area contributed by atoms with Crippen molar-refractivity contribution in [2.45, 2.75) is 31.6 Å². The predicted octanol–water partition coefficient (Wildman–Crippen LogP) is 2.57. The maximum atomic E-state index is 12.8. The fourth-order valence-electron chi connectivity index (χ4n) is 3.19. The third-order valence-corrected chi connectivity index (χ3v) is 6.84. The summed E-state index contributed by atoms with van der Waals surface area (Å²) >= 11 is 0. The van der Waals surface area contributed by atoms with Crippen LogP contribution in [-0.4, -0.2) is 46.3 Å². The highest BCUT2D eigenvalue weighted by atomic mass is 32.2. The lowest BCUT2D eigenvalue weighted by atomic mass is 10.3. The van der Waals surface area contributed by atoms with Gasteiger partial charge in [-0.2, -0.15) is 4.31 Å². The van der Waals surface area contributed by atoms with Crippen molar-refractivity contribution in [1.82, 2.24) is 18.8 Å². The monoisotopic (exact) mass is 415 g/mol. The molecule has 3 rings (SSSR count). The molecule has 0 aliphatic carbocycles. The van der Waals surface area contributed by atoms with Gasteiger partial charge in [-0.1, -0.05) is 19.9 Å². The first-order chi connectivity index (χ1) is 13.9. The lowest BCUT2D eigenvalue weighted by Crippen LogP contribution is -2.30. The van der Waals surface area contributed by atoms with Crippen LogP contribution in [0.25, 0.3) is 11.0 Å². The van der Waals surface area contributed by atoms with E-state index in [9.17, 15) is 13.2 Å². The Bertz CT molecular complexity index is 1110. The van der Waals surface area contributed by atoms with Crippen LogP contribution < -0.4 is 5.32 Å². The number of hydrogen-bond acceptors (Lipinski definition) is 5. The number of hydrogen-bond donors (Lipinski definition) is 1. The minimum atomic E-state index is -3.54. The Balaban J connectivity index is 1.78. The second-order valence-electron chi connectivity index (χ2n) is 6.59. The van der Waals surface area contributed by atoms with E-state index in [-0.39, 0.29) is 17.2 Å². The Morgan fingerprint density at radius 1 is 1.17 bits per heavy atom. The number of amides is 1. The number of aromatic nitrogens is 3. The van der Waals surface area contributed by atoms with Crippen LogP contribution in [0.1, 0.15) is 26.1 Å². The van der Waals surface area contributed by atoms with Crippen LogP contribution in [0.2, 0.25) is 0 Å². The zero-order chi connectivity index (χ0) is 21.0. The van der Waals surface area contributed by atoms with E-state index in [1.165, 1.54) is 4.31 Å². The van der Waals surface area contributed by atoms with E-state index in [4.69, 9.17) is 0 Å². The minimum absolute atomic E-state index is 0.152. The molecule has 29 heavy (non-hydrogen) atoms. The van der Waals surface area contributed by atoms with Gasteiger partial charge in [-0.3, -0.25) is 4.79 Å². The lowest BCUT2D eigenvalue weighted by molar-refractivity contribution is -0.116. The van der Waals surface area contributed by atoms with Crippen molar-refractivity contribution in [3.63, 3.8) is 0 Å². The van der Waals surface area contributed by atoms with Crippen LogP contribution in [0, 0.1) is 0 Å². The van der Waals surface area contributed by atoms with Gasteiger partial charge in [-0.05, 0) is 30.3 Å². The fourth-order valence-corrected chi connectivity index (χ4v) is 4.67. The summed E-state index contributed by atoms with van der Waals surface area (Å²) in [4.78, 5) is 21.0. The van der Waals surface area contributed by atoms with E-state index in [1.807, 2.05) is 25.5 Å². The molecule has 9 heteroatoms. The molecule has 0 spiro atoms. The van der Waals surface area contributed by atoms with Gasteiger partial charge in [0.05, 0.1) is 15.9 Å². The first-order valence-electron chi connectivity index (χ1n) is 9.53. The molecule has 1 amide bonds. The number of carbonyl (C=O) groups excluding carboxylic acids is 1. The maximum absolute atomic E-state index is 12.8. The lowest BCUT2D eigenvalue weighted by Gasteiger charge is -2.18. The normalized spacial score (nSPS) is 11.9. The van der Waals surface area contributed by atoms with Gasteiger partial charge in [0, 0.05) is 39.2 Å². The first kappa shape index (κ1) is 20.9. The van der Waals surface area contributed by atoms with E-state index in [1.54, 1.807) is 42.6 Å². The number of nitrogens with zero attached hydrogens (tertiary/aromatic N) is 4. The molecule has 8 nitrogen and oxygen atoms in total. The van der Waals surface area contributed by atoms with Gasteiger partial charge in [0.1, 0.15) is 11.6 Å². The Labute approximate surface area is 170 Å². The molecule has 0 radical (unpaired) electrons. The molecule has 0 aliphatic heterocycles. The number of fused-ring (bicyclic) bond motifs is 1. The summed E-state index contributed by atoms with van der Waals surface area (Å²) in [5.74, 6) is 1.07. The third-order valence-electron chi connectivity index (χ3n) is 4.80. The van der Waals surface area contributed by atoms with Gasteiger partial charge in [-0.25, -0.2) is 18.4 Å². The average molecular weight is 416 g/mol. The van der Waals surface area contributed by atoms with Gasteiger partial charge in [-0.15, -0.1) is 0 Å². The number of carbonyl (C=O) groups is 1. The summed E-state index contributed by atoms with van der Waals surface area (Å²) < 4.78 is 28.8. The smallest absolute Gasteiger partial charge is 0.243 e. The number of pyridine rings is 1. The van der Waals surface area contributed by atoms with Gasteiger partial charge in [0.2, 0.25) is 15.9 Å². The molecular weight excluding hydrogens is 390 g/mol. The molecule has 0 saturated carbocycles. The van der Waals surface area contributed by atoms with Crippen molar-refractivity contribution in [2.75, 3.05) is 18.4 Å². The van der Waals surface area contributed by atoms with Gasteiger partial charge < -0.3 is 9.88 Å². The summed E-state index contributed by atoms with van der Waals surface area (Å²) in [7, 11) is -1.68. The number of nitrogens with one attached hydrogen (secondary N) is 1. The second kappa shape index (κ2) is 8.71. The molecule has 0 unspecified atom stereocenters. The zero-order valence-electron chi connectivity index (χ0n) is 16.8. The molecular formula is C20H25N5O3S. The Hall–Kier alpha value is -2.78. The summed E-state index contributed by atoms with van der Waals surface area (Å²) in [5.41, 5.74) is 1.42. The van der Waals surface area contributed by atoms with E-state index < -0.39 is 10.0 Å². The molecule has 2 heterocycles.